The van der Waals surface area contributed by atoms with Gasteiger partial charge in [-0.25, -0.2) is 0 Å². The molecule has 0 aromatic carbocycles. The number of rotatable bonds is 6. The van der Waals surface area contributed by atoms with Gasteiger partial charge in [0, 0.05) is 38.6 Å². The highest BCUT2D eigenvalue weighted by Gasteiger charge is 2.29. The van der Waals surface area contributed by atoms with Crippen molar-refractivity contribution in [3.05, 3.63) is 0 Å². The standard InChI is InChI=1S/C14H27N3O/c1-11(15)7-14(18)17-6-5-13(10-17)9-16(2)8-12-3-4-12/h11-13H,3-10,15H2,1-2H3. The van der Waals surface area contributed by atoms with Crippen LogP contribution in [0.15, 0.2) is 0 Å². The maximum Gasteiger partial charge on any atom is 0.224 e. The van der Waals surface area contributed by atoms with E-state index in [0.29, 0.717) is 12.3 Å². The van der Waals surface area contributed by atoms with Crippen molar-refractivity contribution in [2.24, 2.45) is 17.6 Å². The molecule has 18 heavy (non-hydrogen) atoms. The third-order valence-corrected chi connectivity index (χ3v) is 3.97. The molecule has 2 atom stereocenters. The van der Waals surface area contributed by atoms with Crippen molar-refractivity contribution < 1.29 is 4.79 Å². The van der Waals surface area contributed by atoms with Crippen molar-refractivity contribution >= 4 is 5.91 Å². The minimum Gasteiger partial charge on any atom is -0.342 e. The molecular weight excluding hydrogens is 226 g/mol. The second-order valence-electron chi connectivity index (χ2n) is 6.34. The number of amides is 1. The monoisotopic (exact) mass is 253 g/mol. The third-order valence-electron chi connectivity index (χ3n) is 3.97. The molecule has 4 nitrogen and oxygen atoms in total. The summed E-state index contributed by atoms with van der Waals surface area (Å²) in [6.45, 7) is 6.13. The Bertz CT molecular complexity index is 289. The molecule has 2 aliphatic rings. The van der Waals surface area contributed by atoms with Crippen LogP contribution < -0.4 is 5.73 Å². The van der Waals surface area contributed by atoms with E-state index in [-0.39, 0.29) is 11.9 Å². The maximum atomic E-state index is 11.9. The van der Waals surface area contributed by atoms with Gasteiger partial charge in [-0.1, -0.05) is 0 Å². The van der Waals surface area contributed by atoms with E-state index < -0.39 is 0 Å². The van der Waals surface area contributed by atoms with Gasteiger partial charge in [-0.3, -0.25) is 4.79 Å². The lowest BCUT2D eigenvalue weighted by atomic mass is 10.1. The number of carbonyl (C=O) groups excluding carboxylic acids is 1. The largest absolute Gasteiger partial charge is 0.342 e. The fourth-order valence-electron chi connectivity index (χ4n) is 2.87. The first-order chi connectivity index (χ1) is 8.54. The van der Waals surface area contributed by atoms with Crippen LogP contribution in [0.1, 0.15) is 32.6 Å². The van der Waals surface area contributed by atoms with E-state index in [1.165, 1.54) is 19.4 Å². The molecule has 1 aliphatic heterocycles. The second kappa shape index (κ2) is 6.02. The minimum atomic E-state index is -0.0194. The van der Waals surface area contributed by atoms with Gasteiger partial charge >= 0.3 is 0 Å². The Hall–Kier alpha value is -0.610. The molecule has 0 aromatic heterocycles. The molecule has 1 amide bonds. The highest BCUT2D eigenvalue weighted by molar-refractivity contribution is 5.77. The minimum absolute atomic E-state index is 0.0194. The van der Waals surface area contributed by atoms with Crippen LogP contribution >= 0.6 is 0 Å². The molecular formula is C14H27N3O. The van der Waals surface area contributed by atoms with Gasteiger partial charge in [0.15, 0.2) is 0 Å². The van der Waals surface area contributed by atoms with E-state index in [1.54, 1.807) is 0 Å². The van der Waals surface area contributed by atoms with E-state index in [4.69, 9.17) is 5.73 Å². The molecule has 2 rings (SSSR count). The Kier molecular flexibility index (Phi) is 4.62. The maximum absolute atomic E-state index is 11.9. The van der Waals surface area contributed by atoms with Gasteiger partial charge in [0.05, 0.1) is 0 Å². The van der Waals surface area contributed by atoms with Gasteiger partial charge in [-0.05, 0) is 45.1 Å². The Morgan fingerprint density at radius 1 is 1.33 bits per heavy atom. The SMILES string of the molecule is CC(N)CC(=O)N1CCC(CN(C)CC2CC2)C1. The van der Waals surface area contributed by atoms with Crippen molar-refractivity contribution in [1.82, 2.24) is 9.80 Å². The van der Waals surface area contributed by atoms with E-state index in [1.807, 2.05) is 11.8 Å². The number of carbonyl (C=O) groups is 1. The molecule has 4 heteroatoms. The number of nitrogens with two attached hydrogens (primary N) is 1. The fraction of sp³-hybridized carbons (Fsp3) is 0.929. The highest BCUT2D eigenvalue weighted by atomic mass is 16.2. The molecule has 1 heterocycles. The molecule has 2 fully saturated rings. The van der Waals surface area contributed by atoms with Crippen molar-refractivity contribution in [3.8, 4) is 0 Å². The molecule has 1 saturated heterocycles. The van der Waals surface area contributed by atoms with E-state index in [9.17, 15) is 4.79 Å². The molecule has 2 unspecified atom stereocenters. The summed E-state index contributed by atoms with van der Waals surface area (Å²) < 4.78 is 0. The molecule has 2 N–H and O–H groups in total. The van der Waals surface area contributed by atoms with Crippen LogP contribution in [0, 0.1) is 11.8 Å². The first-order valence-electron chi connectivity index (χ1n) is 7.26. The smallest absolute Gasteiger partial charge is 0.224 e. The van der Waals surface area contributed by atoms with Crippen LogP contribution in [0.2, 0.25) is 0 Å². The average Bonchev–Trinajstić information content (AvgIpc) is 2.93. The van der Waals surface area contributed by atoms with E-state index in [2.05, 4.69) is 11.9 Å². The lowest BCUT2D eigenvalue weighted by Gasteiger charge is -2.21. The van der Waals surface area contributed by atoms with Crippen molar-refractivity contribution in [2.45, 2.75) is 38.6 Å². The lowest BCUT2D eigenvalue weighted by Crippen LogP contribution is -2.34. The molecule has 0 radical (unpaired) electrons. The Balaban J connectivity index is 1.68. The van der Waals surface area contributed by atoms with Gasteiger partial charge in [0.1, 0.15) is 0 Å². The van der Waals surface area contributed by atoms with Crippen LogP contribution in [0.5, 0.6) is 0 Å². The van der Waals surface area contributed by atoms with Crippen LogP contribution in [0.4, 0.5) is 0 Å². The quantitative estimate of drug-likeness (QED) is 0.765. The fourth-order valence-corrected chi connectivity index (χ4v) is 2.87. The summed E-state index contributed by atoms with van der Waals surface area (Å²) in [5.41, 5.74) is 5.68. The predicted octanol–water partition coefficient (Wildman–Crippen LogP) is 0.914. The zero-order valence-corrected chi connectivity index (χ0v) is 11.8. The van der Waals surface area contributed by atoms with Gasteiger partial charge in [-0.15, -0.1) is 0 Å². The molecule has 0 bridgehead atoms. The Labute approximate surface area is 110 Å². The summed E-state index contributed by atoms with van der Waals surface area (Å²) in [7, 11) is 2.21. The summed E-state index contributed by atoms with van der Waals surface area (Å²) in [4.78, 5) is 16.4. The third kappa shape index (κ3) is 4.25. The predicted molar refractivity (Wildman–Crippen MR) is 73.2 cm³/mol. The zero-order chi connectivity index (χ0) is 13.1. The van der Waals surface area contributed by atoms with E-state index in [0.717, 1.165) is 32.0 Å². The topological polar surface area (TPSA) is 49.6 Å². The molecule has 0 spiro atoms. The lowest BCUT2D eigenvalue weighted by molar-refractivity contribution is -0.130. The van der Waals surface area contributed by atoms with Crippen molar-refractivity contribution in [1.29, 1.82) is 0 Å². The molecule has 104 valence electrons. The first kappa shape index (κ1) is 13.8. The number of hydrogen-bond acceptors (Lipinski definition) is 3. The summed E-state index contributed by atoms with van der Waals surface area (Å²) in [6.07, 6.45) is 4.46. The summed E-state index contributed by atoms with van der Waals surface area (Å²) in [5.74, 6) is 1.84. The zero-order valence-electron chi connectivity index (χ0n) is 11.8. The average molecular weight is 253 g/mol. The molecule has 0 aromatic rings. The van der Waals surface area contributed by atoms with Crippen LogP contribution in [0.3, 0.4) is 0 Å². The number of likely N-dealkylation sites (tertiary alicyclic amines) is 1. The highest BCUT2D eigenvalue weighted by Crippen LogP contribution is 2.30. The van der Waals surface area contributed by atoms with E-state index >= 15 is 0 Å². The van der Waals surface area contributed by atoms with Gasteiger partial charge in [0.2, 0.25) is 5.91 Å². The molecule has 1 aliphatic carbocycles. The first-order valence-corrected chi connectivity index (χ1v) is 7.26. The second-order valence-corrected chi connectivity index (χ2v) is 6.34. The summed E-state index contributed by atoms with van der Waals surface area (Å²) in [5, 5.41) is 0. The Morgan fingerprint density at radius 2 is 2.00 bits per heavy atom. The van der Waals surface area contributed by atoms with Gasteiger partial charge in [0.25, 0.3) is 0 Å². The number of nitrogens with zero attached hydrogens (tertiary/aromatic N) is 2. The van der Waals surface area contributed by atoms with Gasteiger partial charge < -0.3 is 15.5 Å². The summed E-state index contributed by atoms with van der Waals surface area (Å²) in [6, 6.07) is -0.0194. The number of hydrogen-bond donors (Lipinski definition) is 1. The van der Waals surface area contributed by atoms with Crippen molar-refractivity contribution in [2.75, 3.05) is 33.2 Å². The van der Waals surface area contributed by atoms with Crippen LogP contribution in [-0.2, 0) is 4.79 Å². The van der Waals surface area contributed by atoms with Crippen LogP contribution in [0.25, 0.3) is 0 Å². The van der Waals surface area contributed by atoms with Crippen LogP contribution in [-0.4, -0.2) is 55.0 Å². The Morgan fingerprint density at radius 3 is 2.61 bits per heavy atom. The normalized spacial score (nSPS) is 25.8. The van der Waals surface area contributed by atoms with Gasteiger partial charge in [-0.2, -0.15) is 0 Å². The molecule has 1 saturated carbocycles. The van der Waals surface area contributed by atoms with Crippen molar-refractivity contribution in [3.63, 3.8) is 0 Å². The summed E-state index contributed by atoms with van der Waals surface area (Å²) >= 11 is 0.